The van der Waals surface area contributed by atoms with Crippen molar-refractivity contribution in [3.05, 3.63) is 40.2 Å². The summed E-state index contributed by atoms with van der Waals surface area (Å²) >= 11 is 0. The molecule has 3 N–H and O–H groups in total. The van der Waals surface area contributed by atoms with Crippen LogP contribution in [-0.4, -0.2) is 28.7 Å². The van der Waals surface area contributed by atoms with Crippen LogP contribution >= 0.6 is 0 Å². The number of benzene rings is 1. The summed E-state index contributed by atoms with van der Waals surface area (Å²) in [6.45, 7) is 5.42. The van der Waals surface area contributed by atoms with E-state index in [2.05, 4.69) is 4.98 Å². The second kappa shape index (κ2) is 5.09. The number of carbonyl (C=O) groups is 1. The lowest BCUT2D eigenvalue weighted by Gasteiger charge is -2.29. The maximum Gasteiger partial charge on any atom is 0.352 e. The molecule has 1 unspecified atom stereocenters. The molecule has 0 spiro atoms. The van der Waals surface area contributed by atoms with E-state index in [1.807, 2.05) is 6.07 Å². The number of H-pyrrole nitrogens is 1. The van der Waals surface area contributed by atoms with Crippen molar-refractivity contribution in [2.75, 3.05) is 6.54 Å². The number of hydrogen-bond acceptors (Lipinski definition) is 5. The van der Waals surface area contributed by atoms with E-state index in [0.29, 0.717) is 17.7 Å². The molecule has 0 radical (unpaired) electrons. The van der Waals surface area contributed by atoms with E-state index in [9.17, 15) is 9.59 Å². The molecule has 0 aliphatic carbocycles. The maximum atomic E-state index is 12.6. The molecule has 23 heavy (non-hydrogen) atoms. The Kier molecular flexibility index (Phi) is 3.44. The number of aromatic nitrogens is 1. The monoisotopic (exact) mass is 316 g/mol. The van der Waals surface area contributed by atoms with Crippen LogP contribution in [0.25, 0.3) is 10.9 Å². The second-order valence-corrected chi connectivity index (χ2v) is 6.82. The molecule has 2 aromatic rings. The SMILES string of the molecule is CC(C)(C)OC(=O)C1(CN)Cc2ccc3[nH]c(=O)ccc3c2O1. The van der Waals surface area contributed by atoms with Crippen molar-refractivity contribution < 1.29 is 14.3 Å². The zero-order valence-electron chi connectivity index (χ0n) is 13.4. The van der Waals surface area contributed by atoms with Crippen molar-refractivity contribution >= 4 is 16.9 Å². The number of nitrogens with two attached hydrogens (primary N) is 1. The van der Waals surface area contributed by atoms with Crippen molar-refractivity contribution in [3.63, 3.8) is 0 Å². The molecule has 2 heterocycles. The van der Waals surface area contributed by atoms with Gasteiger partial charge in [-0.15, -0.1) is 0 Å². The minimum absolute atomic E-state index is 0.0153. The molecule has 1 aliphatic heterocycles. The van der Waals surface area contributed by atoms with Gasteiger partial charge in [-0.25, -0.2) is 4.79 Å². The van der Waals surface area contributed by atoms with E-state index in [-0.39, 0.29) is 12.1 Å². The number of nitrogens with one attached hydrogen (secondary N) is 1. The third kappa shape index (κ3) is 2.70. The van der Waals surface area contributed by atoms with Gasteiger partial charge in [-0.05, 0) is 38.5 Å². The average molecular weight is 316 g/mol. The predicted octanol–water partition coefficient (Wildman–Crippen LogP) is 1.50. The van der Waals surface area contributed by atoms with Crippen LogP contribution in [0.5, 0.6) is 5.75 Å². The highest BCUT2D eigenvalue weighted by Gasteiger charge is 2.48. The van der Waals surface area contributed by atoms with Gasteiger partial charge in [0.15, 0.2) is 0 Å². The Balaban J connectivity index is 2.03. The number of hydrogen-bond donors (Lipinski definition) is 2. The van der Waals surface area contributed by atoms with Crippen LogP contribution in [0, 0.1) is 0 Å². The van der Waals surface area contributed by atoms with Gasteiger partial charge in [-0.3, -0.25) is 4.79 Å². The van der Waals surface area contributed by atoms with Gasteiger partial charge in [0.25, 0.3) is 0 Å². The normalized spacial score (nSPS) is 20.2. The fourth-order valence-electron chi connectivity index (χ4n) is 2.73. The smallest absolute Gasteiger partial charge is 0.352 e. The van der Waals surface area contributed by atoms with Gasteiger partial charge in [-0.2, -0.15) is 0 Å². The molecule has 1 aromatic heterocycles. The number of ether oxygens (including phenoxy) is 2. The number of fused-ring (bicyclic) bond motifs is 3. The Bertz CT molecular complexity index is 835. The quantitative estimate of drug-likeness (QED) is 0.819. The Morgan fingerprint density at radius 3 is 2.74 bits per heavy atom. The Morgan fingerprint density at radius 2 is 2.09 bits per heavy atom. The molecule has 1 aromatic carbocycles. The number of aromatic amines is 1. The minimum atomic E-state index is -1.22. The zero-order valence-corrected chi connectivity index (χ0v) is 13.4. The van der Waals surface area contributed by atoms with E-state index < -0.39 is 17.2 Å². The molecule has 6 nitrogen and oxygen atoms in total. The van der Waals surface area contributed by atoms with Crippen molar-refractivity contribution in [2.24, 2.45) is 5.73 Å². The van der Waals surface area contributed by atoms with Crippen molar-refractivity contribution in [3.8, 4) is 5.75 Å². The van der Waals surface area contributed by atoms with Crippen LogP contribution in [0.15, 0.2) is 29.1 Å². The Morgan fingerprint density at radius 1 is 1.35 bits per heavy atom. The lowest BCUT2D eigenvalue weighted by molar-refractivity contribution is -0.171. The maximum absolute atomic E-state index is 12.6. The molecular weight excluding hydrogens is 296 g/mol. The van der Waals surface area contributed by atoms with Crippen LogP contribution in [-0.2, 0) is 16.0 Å². The summed E-state index contributed by atoms with van der Waals surface area (Å²) in [5, 5.41) is 0.751. The van der Waals surface area contributed by atoms with Crippen molar-refractivity contribution in [1.82, 2.24) is 4.98 Å². The third-order valence-corrected chi connectivity index (χ3v) is 3.81. The van der Waals surface area contributed by atoms with Gasteiger partial charge in [0, 0.05) is 24.4 Å². The molecule has 3 rings (SSSR count). The Labute approximate surface area is 133 Å². The molecule has 0 fully saturated rings. The van der Waals surface area contributed by atoms with Gasteiger partial charge < -0.3 is 20.2 Å². The van der Waals surface area contributed by atoms with Crippen LogP contribution < -0.4 is 16.0 Å². The summed E-state index contributed by atoms with van der Waals surface area (Å²) in [4.78, 5) is 26.8. The molecule has 1 aliphatic rings. The molecule has 0 saturated heterocycles. The highest BCUT2D eigenvalue weighted by molar-refractivity contribution is 5.90. The molecule has 0 bridgehead atoms. The number of esters is 1. The van der Waals surface area contributed by atoms with Gasteiger partial charge in [0.1, 0.15) is 11.4 Å². The van der Waals surface area contributed by atoms with Crippen LogP contribution in [0.1, 0.15) is 26.3 Å². The topological polar surface area (TPSA) is 94.4 Å². The van der Waals surface area contributed by atoms with E-state index in [1.165, 1.54) is 6.07 Å². The van der Waals surface area contributed by atoms with Crippen LogP contribution in [0.2, 0.25) is 0 Å². The first-order chi connectivity index (χ1) is 10.7. The second-order valence-electron chi connectivity index (χ2n) is 6.82. The fraction of sp³-hybridized carbons (Fsp3) is 0.412. The summed E-state index contributed by atoms with van der Waals surface area (Å²) in [6.07, 6.45) is 0.350. The molecule has 0 saturated carbocycles. The highest BCUT2D eigenvalue weighted by Crippen LogP contribution is 2.40. The van der Waals surface area contributed by atoms with E-state index in [4.69, 9.17) is 15.2 Å². The summed E-state index contributed by atoms with van der Waals surface area (Å²) in [5.74, 6) is 0.108. The number of rotatable bonds is 2. The highest BCUT2D eigenvalue weighted by atomic mass is 16.6. The summed E-state index contributed by atoms with van der Waals surface area (Å²) in [7, 11) is 0. The molecule has 6 heteroatoms. The summed E-state index contributed by atoms with van der Waals surface area (Å²) in [6, 6.07) is 6.77. The van der Waals surface area contributed by atoms with E-state index in [0.717, 1.165) is 10.9 Å². The lowest BCUT2D eigenvalue weighted by Crippen LogP contribution is -2.52. The molecule has 1 atom stereocenters. The van der Waals surface area contributed by atoms with Gasteiger partial charge in [0.2, 0.25) is 11.2 Å². The Hall–Kier alpha value is -2.34. The first-order valence-corrected chi connectivity index (χ1v) is 7.52. The van der Waals surface area contributed by atoms with Gasteiger partial charge >= 0.3 is 5.97 Å². The minimum Gasteiger partial charge on any atom is -0.473 e. The fourth-order valence-corrected chi connectivity index (χ4v) is 2.73. The number of carbonyl (C=O) groups excluding carboxylic acids is 1. The van der Waals surface area contributed by atoms with E-state index in [1.54, 1.807) is 32.9 Å². The first-order valence-electron chi connectivity index (χ1n) is 7.52. The third-order valence-electron chi connectivity index (χ3n) is 3.81. The standard InChI is InChI=1S/C17H20N2O4/c1-16(2,3)23-15(21)17(9-18)8-10-4-6-12-11(14(10)22-17)5-7-13(20)19-12/h4-7H,8-9,18H2,1-3H3,(H,19,20). The van der Waals surface area contributed by atoms with Gasteiger partial charge in [-0.1, -0.05) is 6.07 Å². The van der Waals surface area contributed by atoms with Crippen molar-refractivity contribution in [1.29, 1.82) is 0 Å². The van der Waals surface area contributed by atoms with Crippen molar-refractivity contribution in [2.45, 2.75) is 38.4 Å². The molecule has 0 amide bonds. The molecule has 122 valence electrons. The first kappa shape index (κ1) is 15.6. The van der Waals surface area contributed by atoms with Gasteiger partial charge in [0.05, 0.1) is 5.52 Å². The zero-order chi connectivity index (χ0) is 16.8. The van der Waals surface area contributed by atoms with Crippen LogP contribution in [0.4, 0.5) is 0 Å². The van der Waals surface area contributed by atoms with Crippen LogP contribution in [0.3, 0.4) is 0 Å². The molecular formula is C17H20N2O4. The largest absolute Gasteiger partial charge is 0.473 e. The lowest BCUT2D eigenvalue weighted by atomic mass is 9.96. The van der Waals surface area contributed by atoms with E-state index >= 15 is 0 Å². The summed E-state index contributed by atoms with van der Waals surface area (Å²) < 4.78 is 11.5. The average Bonchev–Trinajstić information content (AvgIpc) is 2.85. The summed E-state index contributed by atoms with van der Waals surface area (Å²) in [5.41, 5.74) is 5.36. The number of pyridine rings is 1. The predicted molar refractivity (Wildman–Crippen MR) is 86.5 cm³/mol.